The van der Waals surface area contributed by atoms with Crippen LogP contribution in [0.1, 0.15) is 32.3 Å². The number of carbonyl (C=O) groups excluding carboxylic acids is 2. The molecular weight excluding hydrogens is 268 g/mol. The van der Waals surface area contributed by atoms with Crippen molar-refractivity contribution in [2.24, 2.45) is 5.92 Å². The Balaban J connectivity index is 2.39. The van der Waals surface area contributed by atoms with Gasteiger partial charge in [0.05, 0.1) is 13.0 Å². The van der Waals surface area contributed by atoms with Crippen LogP contribution in [0.3, 0.4) is 0 Å². The molecule has 1 aromatic carbocycles. The number of hydrogen-bond donors (Lipinski definition) is 1. The summed E-state index contributed by atoms with van der Waals surface area (Å²) >= 11 is 0. The molecule has 0 aromatic heterocycles. The number of benzene rings is 1. The molecule has 114 valence electrons. The van der Waals surface area contributed by atoms with Gasteiger partial charge in [-0.25, -0.2) is 0 Å². The second-order valence-electron chi connectivity index (χ2n) is 4.85. The molecule has 1 N–H and O–H groups in total. The summed E-state index contributed by atoms with van der Waals surface area (Å²) in [5.41, 5.74) is 1.64. The van der Waals surface area contributed by atoms with Gasteiger partial charge in [0, 0.05) is 6.42 Å². The fourth-order valence-corrected chi connectivity index (χ4v) is 2.10. The third-order valence-electron chi connectivity index (χ3n) is 3.44. The first kappa shape index (κ1) is 17.0. The second kappa shape index (κ2) is 8.95. The highest BCUT2D eigenvalue weighted by atomic mass is 16.5. The van der Waals surface area contributed by atoms with Crippen molar-refractivity contribution in [3.05, 3.63) is 41.5 Å². The molecule has 4 heteroatoms. The van der Waals surface area contributed by atoms with Crippen LogP contribution in [0.4, 0.5) is 0 Å². The monoisotopic (exact) mass is 290 g/mol. The molecule has 0 amide bonds. The van der Waals surface area contributed by atoms with Gasteiger partial charge in [0.2, 0.25) is 0 Å². The fourth-order valence-electron chi connectivity index (χ4n) is 2.10. The lowest BCUT2D eigenvalue weighted by atomic mass is 9.94. The Hall–Kier alpha value is -2.10. The van der Waals surface area contributed by atoms with E-state index in [0.717, 1.165) is 18.3 Å². The van der Waals surface area contributed by atoms with Gasteiger partial charge in [0.1, 0.15) is 12.0 Å². The molecule has 0 aliphatic heterocycles. The van der Waals surface area contributed by atoms with E-state index in [0.29, 0.717) is 18.6 Å². The molecule has 1 aromatic rings. The molecule has 0 saturated carbocycles. The van der Waals surface area contributed by atoms with Crippen molar-refractivity contribution in [2.45, 2.75) is 33.1 Å². The van der Waals surface area contributed by atoms with Gasteiger partial charge in [-0.3, -0.25) is 9.59 Å². The van der Waals surface area contributed by atoms with Crippen LogP contribution in [0.25, 0.3) is 0 Å². The molecule has 0 radical (unpaired) electrons. The predicted octanol–water partition coefficient (Wildman–Crippen LogP) is 3.04. The summed E-state index contributed by atoms with van der Waals surface area (Å²) in [7, 11) is 0. The average molecular weight is 290 g/mol. The molecule has 0 aliphatic carbocycles. The van der Waals surface area contributed by atoms with E-state index >= 15 is 0 Å². The van der Waals surface area contributed by atoms with E-state index in [1.165, 1.54) is 0 Å². The van der Waals surface area contributed by atoms with Crippen molar-refractivity contribution in [1.82, 2.24) is 0 Å². The molecule has 0 aliphatic rings. The Morgan fingerprint density at radius 3 is 2.52 bits per heavy atom. The highest BCUT2D eigenvalue weighted by Crippen LogP contribution is 2.18. The normalized spacial score (nSPS) is 12.8. The van der Waals surface area contributed by atoms with Gasteiger partial charge >= 0.3 is 5.97 Å². The number of hydrogen-bond acceptors (Lipinski definition) is 4. The number of ether oxygens (including phenoxy) is 1. The minimum Gasteiger partial charge on any atom is -0.508 e. The zero-order valence-corrected chi connectivity index (χ0v) is 12.5. The number of rotatable bonds is 8. The van der Waals surface area contributed by atoms with Gasteiger partial charge < -0.3 is 9.84 Å². The lowest BCUT2D eigenvalue weighted by Crippen LogP contribution is -2.15. The maximum absolute atomic E-state index is 11.8. The number of allylic oxidation sites excluding steroid dienone is 2. The first-order valence-electron chi connectivity index (χ1n) is 7.15. The first-order valence-corrected chi connectivity index (χ1v) is 7.15. The van der Waals surface area contributed by atoms with Crippen LogP contribution in [0.15, 0.2) is 35.9 Å². The largest absolute Gasteiger partial charge is 0.508 e. The van der Waals surface area contributed by atoms with Crippen LogP contribution < -0.4 is 0 Å². The maximum atomic E-state index is 11.8. The quantitative estimate of drug-likeness (QED) is 0.454. The van der Waals surface area contributed by atoms with Crippen molar-refractivity contribution >= 4 is 12.3 Å². The summed E-state index contributed by atoms with van der Waals surface area (Å²) in [6.45, 7) is 4.04. The molecule has 0 spiro atoms. The van der Waals surface area contributed by atoms with E-state index < -0.39 is 0 Å². The number of carbonyl (C=O) groups is 2. The third kappa shape index (κ3) is 5.81. The fraction of sp³-hybridized carbons (Fsp3) is 0.412. The summed E-state index contributed by atoms with van der Waals surface area (Å²) in [6, 6.07) is 6.80. The Morgan fingerprint density at radius 1 is 1.33 bits per heavy atom. The molecular formula is C17H22O4. The zero-order chi connectivity index (χ0) is 15.7. The van der Waals surface area contributed by atoms with Gasteiger partial charge in [-0.15, -0.1) is 0 Å². The molecule has 0 heterocycles. The van der Waals surface area contributed by atoms with Crippen molar-refractivity contribution in [2.75, 3.05) is 6.61 Å². The highest BCUT2D eigenvalue weighted by molar-refractivity contribution is 5.77. The minimum atomic E-state index is -0.290. The van der Waals surface area contributed by atoms with Crippen LogP contribution in [-0.2, 0) is 20.7 Å². The van der Waals surface area contributed by atoms with Crippen LogP contribution in [0, 0.1) is 5.92 Å². The van der Waals surface area contributed by atoms with Crippen molar-refractivity contribution < 1.29 is 19.4 Å². The molecule has 0 bridgehead atoms. The van der Waals surface area contributed by atoms with E-state index in [4.69, 9.17) is 4.74 Å². The molecule has 21 heavy (non-hydrogen) atoms. The first-order chi connectivity index (χ1) is 10.1. The van der Waals surface area contributed by atoms with Gasteiger partial charge in [0.15, 0.2) is 0 Å². The summed E-state index contributed by atoms with van der Waals surface area (Å²) in [4.78, 5) is 22.7. The molecule has 1 atom stereocenters. The van der Waals surface area contributed by atoms with Crippen molar-refractivity contribution in [3.63, 3.8) is 0 Å². The van der Waals surface area contributed by atoms with Crippen molar-refractivity contribution in [1.29, 1.82) is 0 Å². The zero-order valence-electron chi connectivity index (χ0n) is 12.5. The van der Waals surface area contributed by atoms with Gasteiger partial charge in [-0.1, -0.05) is 25.1 Å². The Bertz CT molecular complexity index is 488. The SMILES string of the molecule is CC=C(C=O)[C@@H](CC)CC(=O)OCCc1ccc(O)cc1. The molecule has 0 unspecified atom stereocenters. The smallest absolute Gasteiger partial charge is 0.306 e. The van der Waals surface area contributed by atoms with E-state index in [9.17, 15) is 14.7 Å². The molecule has 0 fully saturated rings. The molecule has 4 nitrogen and oxygen atoms in total. The number of esters is 1. The van der Waals surface area contributed by atoms with Crippen LogP contribution in [0.5, 0.6) is 5.75 Å². The number of aromatic hydroxyl groups is 1. The Kier molecular flexibility index (Phi) is 7.23. The summed E-state index contributed by atoms with van der Waals surface area (Å²) in [5.74, 6) is -0.148. The lowest BCUT2D eigenvalue weighted by molar-refractivity contribution is -0.144. The molecule has 0 saturated heterocycles. The Labute approximate surface area is 125 Å². The summed E-state index contributed by atoms with van der Waals surface area (Å²) in [5, 5.41) is 9.18. The van der Waals surface area contributed by atoms with Gasteiger partial charge in [0.25, 0.3) is 0 Å². The third-order valence-corrected chi connectivity index (χ3v) is 3.44. The van der Waals surface area contributed by atoms with Gasteiger partial charge in [-0.2, -0.15) is 0 Å². The Morgan fingerprint density at radius 2 is 2.00 bits per heavy atom. The predicted molar refractivity (Wildman–Crippen MR) is 81.0 cm³/mol. The van der Waals surface area contributed by atoms with E-state index in [2.05, 4.69) is 0 Å². The second-order valence-corrected chi connectivity index (χ2v) is 4.85. The van der Waals surface area contributed by atoms with Crippen LogP contribution in [-0.4, -0.2) is 24.0 Å². The maximum Gasteiger partial charge on any atom is 0.306 e. The van der Waals surface area contributed by atoms with E-state index in [1.54, 1.807) is 37.3 Å². The minimum absolute atomic E-state index is 0.0753. The van der Waals surface area contributed by atoms with Crippen LogP contribution in [0.2, 0.25) is 0 Å². The molecule has 1 rings (SSSR count). The highest BCUT2D eigenvalue weighted by Gasteiger charge is 2.16. The van der Waals surface area contributed by atoms with Crippen LogP contribution >= 0.6 is 0 Å². The number of phenols is 1. The lowest BCUT2D eigenvalue weighted by Gasteiger charge is -2.13. The van der Waals surface area contributed by atoms with Gasteiger partial charge in [-0.05, 0) is 42.5 Å². The van der Waals surface area contributed by atoms with E-state index in [-0.39, 0.29) is 24.1 Å². The standard InChI is InChI=1S/C17H22O4/c1-3-14(15(4-2)12-18)11-17(20)21-10-9-13-5-7-16(19)8-6-13/h4-8,12,14,19H,3,9-11H2,1-2H3/t14-/m0/s1. The van der Waals surface area contributed by atoms with E-state index in [1.807, 2.05) is 6.92 Å². The summed E-state index contributed by atoms with van der Waals surface area (Å²) < 4.78 is 5.20. The summed E-state index contributed by atoms with van der Waals surface area (Å²) in [6.07, 6.45) is 4.10. The number of phenolic OH excluding ortho intramolecular Hbond substituents is 1. The van der Waals surface area contributed by atoms with Crippen molar-refractivity contribution in [3.8, 4) is 5.75 Å². The number of aldehydes is 1. The topological polar surface area (TPSA) is 63.6 Å². The average Bonchev–Trinajstić information content (AvgIpc) is 2.49.